The number of rotatable bonds is 3. The van der Waals surface area contributed by atoms with Crippen LogP contribution in [0.25, 0.3) is 0 Å². The zero-order chi connectivity index (χ0) is 23.4. The standard InChI is InChI=1S/C30H25NO3/c1-30(2)16-23-26(24(32)17-30)25(27-28(31-23)21-10-6-7-11-22(21)29(27)33)18-12-14-20(15-13-18)34-19-8-4-3-5-9-19/h3-15,25,27H,16-17H2,1-2H3/t25-,27-/m0/s1. The van der Waals surface area contributed by atoms with Crippen LogP contribution in [0.15, 0.2) is 95.1 Å². The minimum atomic E-state index is -0.470. The second-order valence-electron chi connectivity index (χ2n) is 10.1. The summed E-state index contributed by atoms with van der Waals surface area (Å²) in [5.74, 6) is 0.823. The lowest BCUT2D eigenvalue weighted by Gasteiger charge is -2.38. The van der Waals surface area contributed by atoms with Crippen molar-refractivity contribution in [2.75, 3.05) is 0 Å². The molecular weight excluding hydrogens is 422 g/mol. The van der Waals surface area contributed by atoms with Crippen molar-refractivity contribution in [2.24, 2.45) is 16.3 Å². The molecule has 1 heterocycles. The van der Waals surface area contributed by atoms with Crippen LogP contribution in [0, 0.1) is 11.3 Å². The summed E-state index contributed by atoms with van der Waals surface area (Å²) in [6.45, 7) is 4.22. The van der Waals surface area contributed by atoms with Crippen LogP contribution in [0.2, 0.25) is 0 Å². The molecule has 0 spiro atoms. The van der Waals surface area contributed by atoms with Gasteiger partial charge in [0.1, 0.15) is 11.5 Å². The molecule has 6 rings (SSSR count). The van der Waals surface area contributed by atoms with Crippen LogP contribution in [0.3, 0.4) is 0 Å². The maximum absolute atomic E-state index is 13.6. The summed E-state index contributed by atoms with van der Waals surface area (Å²) in [5.41, 5.74) is 4.75. The number of benzene rings is 3. The lowest BCUT2D eigenvalue weighted by Crippen LogP contribution is -2.37. The molecule has 34 heavy (non-hydrogen) atoms. The van der Waals surface area contributed by atoms with E-state index in [-0.39, 0.29) is 22.9 Å². The van der Waals surface area contributed by atoms with Gasteiger partial charge in [0, 0.05) is 34.7 Å². The van der Waals surface area contributed by atoms with Crippen molar-refractivity contribution < 1.29 is 14.3 Å². The minimum absolute atomic E-state index is 0.0492. The smallest absolute Gasteiger partial charge is 0.173 e. The van der Waals surface area contributed by atoms with E-state index in [0.717, 1.165) is 34.7 Å². The van der Waals surface area contributed by atoms with E-state index in [0.29, 0.717) is 23.3 Å². The predicted octanol–water partition coefficient (Wildman–Crippen LogP) is 6.52. The molecule has 0 N–H and O–H groups in total. The van der Waals surface area contributed by atoms with E-state index in [4.69, 9.17) is 9.73 Å². The molecule has 3 aliphatic rings. The Balaban J connectivity index is 1.45. The van der Waals surface area contributed by atoms with Crippen molar-refractivity contribution in [2.45, 2.75) is 32.6 Å². The molecule has 0 saturated heterocycles. The van der Waals surface area contributed by atoms with Crippen LogP contribution < -0.4 is 4.74 Å². The Morgan fingerprint density at radius 1 is 0.765 bits per heavy atom. The number of carbonyl (C=O) groups is 2. The third-order valence-electron chi connectivity index (χ3n) is 7.06. The number of hydrogen-bond acceptors (Lipinski definition) is 4. The van der Waals surface area contributed by atoms with Gasteiger partial charge in [0.15, 0.2) is 11.6 Å². The van der Waals surface area contributed by atoms with Crippen LogP contribution >= 0.6 is 0 Å². The van der Waals surface area contributed by atoms with Crippen LogP contribution in [-0.4, -0.2) is 17.3 Å². The number of carbonyl (C=O) groups excluding carboxylic acids is 2. The highest BCUT2D eigenvalue weighted by molar-refractivity contribution is 6.30. The average Bonchev–Trinajstić information content (AvgIpc) is 3.10. The fourth-order valence-corrected chi connectivity index (χ4v) is 5.61. The number of ether oxygens (including phenoxy) is 1. The maximum Gasteiger partial charge on any atom is 0.173 e. The molecule has 0 aromatic heterocycles. The monoisotopic (exact) mass is 447 g/mol. The van der Waals surface area contributed by atoms with E-state index in [9.17, 15) is 9.59 Å². The van der Waals surface area contributed by atoms with Crippen LogP contribution in [0.1, 0.15) is 54.1 Å². The number of fused-ring (bicyclic) bond motifs is 3. The number of Topliss-reactive ketones (excluding diaryl/α,β-unsaturated/α-hetero) is 2. The fraction of sp³-hybridized carbons (Fsp3) is 0.233. The molecule has 0 fully saturated rings. The Hall–Kier alpha value is -3.79. The lowest BCUT2D eigenvalue weighted by molar-refractivity contribution is -0.118. The Morgan fingerprint density at radius 2 is 1.41 bits per heavy atom. The summed E-state index contributed by atoms with van der Waals surface area (Å²) in [4.78, 5) is 32.0. The van der Waals surface area contributed by atoms with E-state index in [1.165, 1.54) is 0 Å². The summed E-state index contributed by atoms with van der Waals surface area (Å²) >= 11 is 0. The Labute approximate surface area is 199 Å². The number of aliphatic imine (C=N–C) groups is 1. The molecule has 2 atom stereocenters. The number of ketones is 2. The highest BCUT2D eigenvalue weighted by atomic mass is 16.5. The van der Waals surface area contributed by atoms with Gasteiger partial charge in [-0.2, -0.15) is 0 Å². The van der Waals surface area contributed by atoms with Gasteiger partial charge in [0.25, 0.3) is 0 Å². The first-order valence-electron chi connectivity index (χ1n) is 11.7. The van der Waals surface area contributed by atoms with Gasteiger partial charge in [-0.3, -0.25) is 14.6 Å². The van der Waals surface area contributed by atoms with Crippen molar-refractivity contribution >= 4 is 17.3 Å². The maximum atomic E-state index is 13.6. The van der Waals surface area contributed by atoms with E-state index in [1.54, 1.807) is 0 Å². The molecule has 4 nitrogen and oxygen atoms in total. The van der Waals surface area contributed by atoms with Crippen molar-refractivity contribution in [1.29, 1.82) is 0 Å². The second kappa shape index (κ2) is 7.63. The summed E-state index contributed by atoms with van der Waals surface area (Å²) < 4.78 is 5.96. The molecule has 0 saturated carbocycles. The van der Waals surface area contributed by atoms with Gasteiger partial charge in [-0.25, -0.2) is 0 Å². The second-order valence-corrected chi connectivity index (χ2v) is 10.1. The molecule has 0 radical (unpaired) electrons. The summed E-state index contributed by atoms with van der Waals surface area (Å²) in [5, 5.41) is 0. The molecule has 2 aliphatic carbocycles. The zero-order valence-corrected chi connectivity index (χ0v) is 19.2. The molecule has 3 aromatic carbocycles. The van der Waals surface area contributed by atoms with Crippen molar-refractivity contribution in [1.82, 2.24) is 0 Å². The quantitative estimate of drug-likeness (QED) is 0.459. The summed E-state index contributed by atoms with van der Waals surface area (Å²) in [6.07, 6.45) is 1.20. The van der Waals surface area contributed by atoms with Crippen molar-refractivity contribution in [3.63, 3.8) is 0 Å². The Bertz CT molecular complexity index is 1380. The topological polar surface area (TPSA) is 55.7 Å². The third-order valence-corrected chi connectivity index (χ3v) is 7.06. The normalized spacial score (nSPS) is 22.6. The lowest BCUT2D eigenvalue weighted by atomic mass is 9.66. The zero-order valence-electron chi connectivity index (χ0n) is 19.2. The third kappa shape index (κ3) is 3.33. The van der Waals surface area contributed by atoms with Gasteiger partial charge in [0.05, 0.1) is 11.6 Å². The molecule has 1 aliphatic heterocycles. The van der Waals surface area contributed by atoms with Gasteiger partial charge >= 0.3 is 0 Å². The molecule has 0 unspecified atom stereocenters. The molecule has 168 valence electrons. The number of nitrogens with zero attached hydrogens (tertiary/aromatic N) is 1. The van der Waals surface area contributed by atoms with E-state index in [1.807, 2.05) is 78.9 Å². The molecular formula is C30H25NO3. The molecule has 0 amide bonds. The van der Waals surface area contributed by atoms with Crippen LogP contribution in [0.4, 0.5) is 0 Å². The number of hydrogen-bond donors (Lipinski definition) is 0. The molecule has 4 heteroatoms. The van der Waals surface area contributed by atoms with E-state index >= 15 is 0 Å². The SMILES string of the molecule is CC1(C)CC(=O)C2=C(C1)N=C1c3ccccc3C(=O)[C@H]1[C@H]2c1ccc(Oc2ccccc2)cc1. The van der Waals surface area contributed by atoms with Gasteiger partial charge in [-0.15, -0.1) is 0 Å². The first kappa shape index (κ1) is 20.8. The van der Waals surface area contributed by atoms with Crippen LogP contribution in [0.5, 0.6) is 11.5 Å². The number of para-hydroxylation sites is 1. The van der Waals surface area contributed by atoms with Gasteiger partial charge in [0.2, 0.25) is 0 Å². The van der Waals surface area contributed by atoms with E-state index < -0.39 is 5.92 Å². The highest BCUT2D eigenvalue weighted by Gasteiger charge is 2.50. The van der Waals surface area contributed by atoms with Gasteiger partial charge in [-0.05, 0) is 41.7 Å². The number of allylic oxidation sites excluding steroid dienone is 2. The van der Waals surface area contributed by atoms with Crippen LogP contribution in [-0.2, 0) is 4.79 Å². The van der Waals surface area contributed by atoms with Crippen molar-refractivity contribution in [3.8, 4) is 11.5 Å². The average molecular weight is 448 g/mol. The fourth-order valence-electron chi connectivity index (χ4n) is 5.61. The summed E-state index contributed by atoms with van der Waals surface area (Å²) in [6, 6.07) is 25.1. The van der Waals surface area contributed by atoms with Gasteiger partial charge < -0.3 is 4.74 Å². The Morgan fingerprint density at radius 3 is 2.15 bits per heavy atom. The predicted molar refractivity (Wildman–Crippen MR) is 132 cm³/mol. The first-order chi connectivity index (χ1) is 16.4. The largest absolute Gasteiger partial charge is 0.457 e. The first-order valence-corrected chi connectivity index (χ1v) is 11.7. The Kier molecular flexibility index (Phi) is 4.66. The summed E-state index contributed by atoms with van der Waals surface area (Å²) in [7, 11) is 0. The highest BCUT2D eigenvalue weighted by Crippen LogP contribution is 2.51. The minimum Gasteiger partial charge on any atom is -0.457 e. The molecule has 3 aromatic rings. The van der Waals surface area contributed by atoms with E-state index in [2.05, 4.69) is 13.8 Å². The molecule has 0 bridgehead atoms. The van der Waals surface area contributed by atoms with Gasteiger partial charge in [-0.1, -0.05) is 68.4 Å². The van der Waals surface area contributed by atoms with Crippen molar-refractivity contribution in [3.05, 3.63) is 107 Å².